The zero-order chi connectivity index (χ0) is 12.4. The molecule has 1 aromatic heterocycles. The van der Waals surface area contributed by atoms with E-state index >= 15 is 0 Å². The fourth-order valence-corrected chi connectivity index (χ4v) is 1.37. The summed E-state index contributed by atoms with van der Waals surface area (Å²) in [7, 11) is 0. The Kier molecular flexibility index (Phi) is 2.70. The van der Waals surface area contributed by atoms with Crippen LogP contribution in [0.15, 0.2) is 29.3 Å². The topological polar surface area (TPSA) is 107 Å². The molecule has 5 N–H and O–H groups in total. The van der Waals surface area contributed by atoms with E-state index in [2.05, 4.69) is 9.97 Å². The highest BCUT2D eigenvalue weighted by atomic mass is 16.5. The Morgan fingerprint density at radius 1 is 1.35 bits per heavy atom. The van der Waals surface area contributed by atoms with Crippen molar-refractivity contribution >= 4 is 11.4 Å². The van der Waals surface area contributed by atoms with Gasteiger partial charge < -0.3 is 21.2 Å². The van der Waals surface area contributed by atoms with Gasteiger partial charge >= 0.3 is 0 Å². The molecule has 6 heteroatoms. The van der Waals surface area contributed by atoms with Crippen molar-refractivity contribution in [2.75, 3.05) is 11.5 Å². The zero-order valence-corrected chi connectivity index (χ0v) is 9.23. The third kappa shape index (κ3) is 2.20. The summed E-state index contributed by atoms with van der Waals surface area (Å²) in [5, 5.41) is 0. The molecule has 0 spiro atoms. The summed E-state index contributed by atoms with van der Waals surface area (Å²) in [5.41, 5.74) is 12.2. The Balaban J connectivity index is 2.38. The first-order chi connectivity index (χ1) is 8.08. The Morgan fingerprint density at radius 3 is 2.82 bits per heavy atom. The van der Waals surface area contributed by atoms with Gasteiger partial charge in [-0.2, -0.15) is 0 Å². The number of hydrogen-bond acceptors (Lipinski definition) is 5. The lowest BCUT2D eigenvalue weighted by Gasteiger charge is -2.09. The Bertz CT molecular complexity index is 607. The van der Waals surface area contributed by atoms with E-state index < -0.39 is 5.56 Å². The highest BCUT2D eigenvalue weighted by molar-refractivity contribution is 5.51. The normalized spacial score (nSPS) is 10.2. The number of nitrogens with two attached hydrogens (primary N) is 2. The fraction of sp³-hybridized carbons (Fsp3) is 0.0909. The van der Waals surface area contributed by atoms with Crippen LogP contribution < -0.4 is 21.8 Å². The molecule has 0 bridgehead atoms. The average Bonchev–Trinajstić information content (AvgIpc) is 2.28. The van der Waals surface area contributed by atoms with Gasteiger partial charge in [0.15, 0.2) is 5.69 Å². The maximum absolute atomic E-state index is 11.2. The van der Waals surface area contributed by atoms with Crippen molar-refractivity contribution in [3.63, 3.8) is 0 Å². The second-order valence-electron chi connectivity index (χ2n) is 3.58. The van der Waals surface area contributed by atoms with E-state index in [4.69, 9.17) is 16.2 Å². The maximum atomic E-state index is 11.2. The van der Waals surface area contributed by atoms with Crippen molar-refractivity contribution in [1.29, 1.82) is 0 Å². The Labute approximate surface area is 97.2 Å². The van der Waals surface area contributed by atoms with Crippen LogP contribution in [0.4, 0.5) is 11.4 Å². The minimum Gasteiger partial charge on any atom is -0.437 e. The van der Waals surface area contributed by atoms with Gasteiger partial charge in [0.05, 0.1) is 6.33 Å². The van der Waals surface area contributed by atoms with Crippen LogP contribution in [-0.4, -0.2) is 9.97 Å². The summed E-state index contributed by atoms with van der Waals surface area (Å²) in [6.45, 7) is 1.84. The SMILES string of the molecule is Cc1cc(N)ccc1Oc1nc[nH]c(=O)c1N. The van der Waals surface area contributed by atoms with Crippen LogP contribution in [0.1, 0.15) is 5.56 Å². The number of nitrogen functional groups attached to an aromatic ring is 2. The highest BCUT2D eigenvalue weighted by Crippen LogP contribution is 2.26. The molecule has 0 fully saturated rings. The van der Waals surface area contributed by atoms with Gasteiger partial charge in [0, 0.05) is 5.69 Å². The van der Waals surface area contributed by atoms with Crippen LogP contribution >= 0.6 is 0 Å². The summed E-state index contributed by atoms with van der Waals surface area (Å²) in [6, 6.07) is 5.16. The van der Waals surface area contributed by atoms with Crippen molar-refractivity contribution in [2.45, 2.75) is 6.92 Å². The number of ether oxygens (including phenoxy) is 1. The molecule has 0 unspecified atom stereocenters. The van der Waals surface area contributed by atoms with Crippen LogP contribution in [0.2, 0.25) is 0 Å². The second-order valence-corrected chi connectivity index (χ2v) is 3.58. The predicted molar refractivity (Wildman–Crippen MR) is 64.9 cm³/mol. The summed E-state index contributed by atoms with van der Waals surface area (Å²) in [4.78, 5) is 17.5. The average molecular weight is 232 g/mol. The number of benzene rings is 1. The summed E-state index contributed by atoms with van der Waals surface area (Å²) in [6.07, 6.45) is 1.24. The molecule has 0 atom stereocenters. The molecule has 2 aromatic rings. The van der Waals surface area contributed by atoms with E-state index in [0.29, 0.717) is 11.4 Å². The second kappa shape index (κ2) is 4.17. The first-order valence-electron chi connectivity index (χ1n) is 4.95. The van der Waals surface area contributed by atoms with Crippen LogP contribution in [0.3, 0.4) is 0 Å². The lowest BCUT2D eigenvalue weighted by molar-refractivity contribution is 0.460. The molecule has 0 aliphatic heterocycles. The Morgan fingerprint density at radius 2 is 2.12 bits per heavy atom. The number of anilines is 2. The van der Waals surface area contributed by atoms with Crippen molar-refractivity contribution in [2.24, 2.45) is 0 Å². The number of aryl methyl sites for hydroxylation is 1. The fourth-order valence-electron chi connectivity index (χ4n) is 1.37. The summed E-state index contributed by atoms with van der Waals surface area (Å²) >= 11 is 0. The molecule has 6 nitrogen and oxygen atoms in total. The Hall–Kier alpha value is -2.50. The van der Waals surface area contributed by atoms with Gasteiger partial charge in [-0.05, 0) is 30.7 Å². The van der Waals surface area contributed by atoms with Crippen molar-refractivity contribution in [1.82, 2.24) is 9.97 Å². The first-order valence-corrected chi connectivity index (χ1v) is 4.95. The zero-order valence-electron chi connectivity index (χ0n) is 9.23. The maximum Gasteiger partial charge on any atom is 0.277 e. The molecule has 17 heavy (non-hydrogen) atoms. The number of hydrogen-bond donors (Lipinski definition) is 3. The molecule has 1 aromatic carbocycles. The number of rotatable bonds is 2. The smallest absolute Gasteiger partial charge is 0.277 e. The van der Waals surface area contributed by atoms with Gasteiger partial charge in [-0.3, -0.25) is 4.79 Å². The van der Waals surface area contributed by atoms with E-state index in [9.17, 15) is 4.79 Å². The third-order valence-corrected chi connectivity index (χ3v) is 2.26. The highest BCUT2D eigenvalue weighted by Gasteiger charge is 2.08. The van der Waals surface area contributed by atoms with E-state index in [1.54, 1.807) is 18.2 Å². The van der Waals surface area contributed by atoms with Crippen LogP contribution in [0.5, 0.6) is 11.6 Å². The number of aromatic nitrogens is 2. The number of nitrogens with one attached hydrogen (secondary N) is 1. The number of nitrogens with zero attached hydrogens (tertiary/aromatic N) is 1. The molecule has 1 heterocycles. The predicted octanol–water partition coefficient (Wildman–Crippen LogP) is 1.04. The van der Waals surface area contributed by atoms with E-state index in [-0.39, 0.29) is 11.6 Å². The minimum atomic E-state index is -0.428. The third-order valence-electron chi connectivity index (χ3n) is 2.26. The quantitative estimate of drug-likeness (QED) is 0.670. The van der Waals surface area contributed by atoms with Gasteiger partial charge in [-0.1, -0.05) is 0 Å². The minimum absolute atomic E-state index is 0.0521. The van der Waals surface area contributed by atoms with Crippen molar-refractivity contribution < 1.29 is 4.74 Å². The van der Waals surface area contributed by atoms with Gasteiger partial charge in [0.25, 0.3) is 5.56 Å². The molecule has 0 amide bonds. The molecule has 0 aliphatic carbocycles. The van der Waals surface area contributed by atoms with E-state index in [0.717, 1.165) is 5.56 Å². The molecule has 0 saturated carbocycles. The largest absolute Gasteiger partial charge is 0.437 e. The molecular formula is C11H12N4O2. The van der Waals surface area contributed by atoms with Gasteiger partial charge in [-0.15, -0.1) is 0 Å². The van der Waals surface area contributed by atoms with Crippen LogP contribution in [0.25, 0.3) is 0 Å². The van der Waals surface area contributed by atoms with Gasteiger partial charge in [-0.25, -0.2) is 4.98 Å². The van der Waals surface area contributed by atoms with Gasteiger partial charge in [0.1, 0.15) is 5.75 Å². The summed E-state index contributed by atoms with van der Waals surface area (Å²) < 4.78 is 5.46. The number of aromatic amines is 1. The molecule has 0 aliphatic rings. The molecule has 0 radical (unpaired) electrons. The lowest BCUT2D eigenvalue weighted by Crippen LogP contribution is -2.13. The van der Waals surface area contributed by atoms with E-state index in [1.807, 2.05) is 6.92 Å². The molecular weight excluding hydrogens is 220 g/mol. The standard InChI is InChI=1S/C11H12N4O2/c1-6-4-7(12)2-3-8(6)17-11-9(13)10(16)14-5-15-11/h2-5H,12-13H2,1H3,(H,14,15,16). The van der Waals surface area contributed by atoms with Crippen molar-refractivity contribution in [3.05, 3.63) is 40.4 Å². The van der Waals surface area contributed by atoms with Gasteiger partial charge in [0.2, 0.25) is 5.88 Å². The molecule has 0 saturated heterocycles. The lowest BCUT2D eigenvalue weighted by atomic mass is 10.2. The first kappa shape index (κ1) is 11.0. The molecule has 2 rings (SSSR count). The number of H-pyrrole nitrogens is 1. The summed E-state index contributed by atoms with van der Waals surface area (Å²) in [5.74, 6) is 0.644. The van der Waals surface area contributed by atoms with Crippen LogP contribution in [0, 0.1) is 6.92 Å². The monoisotopic (exact) mass is 232 g/mol. The molecule has 88 valence electrons. The van der Waals surface area contributed by atoms with E-state index in [1.165, 1.54) is 6.33 Å². The van der Waals surface area contributed by atoms with Crippen LogP contribution in [-0.2, 0) is 0 Å². The van der Waals surface area contributed by atoms with Crippen molar-refractivity contribution in [3.8, 4) is 11.6 Å².